The molecule has 0 unspecified atom stereocenters. The lowest BCUT2D eigenvalue weighted by Crippen LogP contribution is -2.16. The number of aromatic nitrogens is 2. The van der Waals surface area contributed by atoms with Crippen LogP contribution in [-0.4, -0.2) is 33.0 Å². The van der Waals surface area contributed by atoms with Crippen LogP contribution in [0.1, 0.15) is 6.42 Å². The molecule has 1 saturated heterocycles. The molecule has 0 spiro atoms. The lowest BCUT2D eigenvalue weighted by atomic mass is 10.2. The Morgan fingerprint density at radius 1 is 1.53 bits per heavy atom. The fourth-order valence-electron chi connectivity index (χ4n) is 1.56. The topological polar surface area (TPSA) is 54.9 Å². The lowest BCUT2D eigenvalue weighted by molar-refractivity contribution is 0.628. The standard InChI is InChI=1S/C9H12ClN3OS/c10-8-4-12-9(13-5-8)15(14)6-7-1-2-11-3-7/h4-5,7,11H,1-3,6H2/t7-,15-/m0/s1. The lowest BCUT2D eigenvalue weighted by Gasteiger charge is -2.06. The summed E-state index contributed by atoms with van der Waals surface area (Å²) in [5.41, 5.74) is 0. The van der Waals surface area contributed by atoms with Crippen LogP contribution in [0.2, 0.25) is 5.02 Å². The van der Waals surface area contributed by atoms with Crippen molar-refractivity contribution in [2.24, 2.45) is 5.92 Å². The van der Waals surface area contributed by atoms with Gasteiger partial charge in [0.25, 0.3) is 0 Å². The van der Waals surface area contributed by atoms with E-state index in [2.05, 4.69) is 15.3 Å². The number of hydrogen-bond donors (Lipinski definition) is 1. The van der Waals surface area contributed by atoms with Crippen molar-refractivity contribution in [3.8, 4) is 0 Å². The van der Waals surface area contributed by atoms with Gasteiger partial charge < -0.3 is 5.32 Å². The van der Waals surface area contributed by atoms with Crippen LogP contribution in [0, 0.1) is 5.92 Å². The van der Waals surface area contributed by atoms with Gasteiger partial charge in [-0.15, -0.1) is 0 Å². The quantitative estimate of drug-likeness (QED) is 0.803. The molecular weight excluding hydrogens is 234 g/mol. The Balaban J connectivity index is 1.98. The Hall–Kier alpha value is -0.520. The number of hydrogen-bond acceptors (Lipinski definition) is 4. The molecule has 0 radical (unpaired) electrons. The Morgan fingerprint density at radius 3 is 2.87 bits per heavy atom. The molecule has 2 atom stereocenters. The maximum Gasteiger partial charge on any atom is 0.218 e. The fraction of sp³-hybridized carbons (Fsp3) is 0.556. The minimum Gasteiger partial charge on any atom is -0.316 e. The molecule has 0 saturated carbocycles. The molecule has 4 nitrogen and oxygen atoms in total. The van der Waals surface area contributed by atoms with Gasteiger partial charge in [-0.25, -0.2) is 9.97 Å². The Morgan fingerprint density at radius 2 is 2.27 bits per heavy atom. The second kappa shape index (κ2) is 5.01. The van der Waals surface area contributed by atoms with Crippen molar-refractivity contribution in [3.63, 3.8) is 0 Å². The van der Waals surface area contributed by atoms with Gasteiger partial charge in [-0.1, -0.05) is 11.6 Å². The monoisotopic (exact) mass is 245 g/mol. The molecule has 1 aromatic heterocycles. The average Bonchev–Trinajstić information content (AvgIpc) is 2.71. The first-order chi connectivity index (χ1) is 7.25. The molecule has 82 valence electrons. The van der Waals surface area contributed by atoms with Crippen LogP contribution in [-0.2, 0) is 10.8 Å². The minimum atomic E-state index is -1.10. The third kappa shape index (κ3) is 2.96. The molecule has 15 heavy (non-hydrogen) atoms. The highest BCUT2D eigenvalue weighted by Crippen LogP contribution is 2.12. The normalized spacial score (nSPS) is 22.9. The molecule has 0 amide bonds. The van der Waals surface area contributed by atoms with E-state index in [9.17, 15) is 4.21 Å². The van der Waals surface area contributed by atoms with Crippen LogP contribution < -0.4 is 5.32 Å². The number of halogens is 1. The predicted molar refractivity (Wildman–Crippen MR) is 59.3 cm³/mol. The fourth-order valence-corrected chi connectivity index (χ4v) is 2.86. The van der Waals surface area contributed by atoms with E-state index in [4.69, 9.17) is 11.6 Å². The summed E-state index contributed by atoms with van der Waals surface area (Å²) in [4.78, 5) is 7.91. The zero-order chi connectivity index (χ0) is 10.7. The van der Waals surface area contributed by atoms with Crippen LogP contribution in [0.25, 0.3) is 0 Å². The molecule has 0 bridgehead atoms. The van der Waals surface area contributed by atoms with Gasteiger partial charge in [0.2, 0.25) is 5.16 Å². The number of rotatable bonds is 3. The summed E-state index contributed by atoms with van der Waals surface area (Å²) in [6, 6.07) is 0. The SMILES string of the molecule is O=[S@@](C[C@H]1CCNC1)c1ncc(Cl)cn1. The second-order valence-corrected chi connectivity index (χ2v) is 5.38. The van der Waals surface area contributed by atoms with E-state index in [1.165, 1.54) is 12.4 Å². The first kappa shape index (κ1) is 11.0. The van der Waals surface area contributed by atoms with Gasteiger partial charge in [-0.3, -0.25) is 4.21 Å². The maximum atomic E-state index is 11.8. The Bertz CT molecular complexity index is 351. The highest BCUT2D eigenvalue weighted by Gasteiger charge is 2.19. The van der Waals surface area contributed by atoms with Crippen molar-refractivity contribution in [2.45, 2.75) is 11.6 Å². The summed E-state index contributed by atoms with van der Waals surface area (Å²) in [5, 5.41) is 4.09. The molecule has 1 fully saturated rings. The largest absolute Gasteiger partial charge is 0.316 e. The Labute approximate surface area is 95.9 Å². The van der Waals surface area contributed by atoms with E-state index in [0.717, 1.165) is 19.5 Å². The molecule has 1 aliphatic rings. The van der Waals surface area contributed by atoms with Crippen LogP contribution in [0.3, 0.4) is 0 Å². The Kier molecular flexibility index (Phi) is 3.66. The van der Waals surface area contributed by atoms with E-state index in [0.29, 0.717) is 21.8 Å². The smallest absolute Gasteiger partial charge is 0.218 e. The second-order valence-electron chi connectivity index (χ2n) is 3.55. The van der Waals surface area contributed by atoms with Crippen LogP contribution in [0.4, 0.5) is 0 Å². The van der Waals surface area contributed by atoms with Gasteiger partial charge in [-0.05, 0) is 25.4 Å². The van der Waals surface area contributed by atoms with Crippen LogP contribution >= 0.6 is 11.6 Å². The van der Waals surface area contributed by atoms with Crippen molar-refractivity contribution in [1.29, 1.82) is 0 Å². The zero-order valence-electron chi connectivity index (χ0n) is 8.15. The first-order valence-electron chi connectivity index (χ1n) is 4.82. The van der Waals surface area contributed by atoms with E-state index in [-0.39, 0.29) is 0 Å². The van der Waals surface area contributed by atoms with Crippen molar-refractivity contribution < 1.29 is 4.21 Å². The van der Waals surface area contributed by atoms with Crippen molar-refractivity contribution in [3.05, 3.63) is 17.4 Å². The minimum absolute atomic E-state index is 0.381. The highest BCUT2D eigenvalue weighted by atomic mass is 35.5. The molecule has 2 heterocycles. The van der Waals surface area contributed by atoms with Gasteiger partial charge in [-0.2, -0.15) is 0 Å². The van der Waals surface area contributed by atoms with Crippen LogP contribution in [0.5, 0.6) is 0 Å². The summed E-state index contributed by atoms with van der Waals surface area (Å²) in [7, 11) is -1.10. The molecule has 1 aromatic rings. The van der Waals surface area contributed by atoms with Gasteiger partial charge in [0.15, 0.2) is 0 Å². The summed E-state index contributed by atoms with van der Waals surface area (Å²) >= 11 is 5.65. The number of nitrogens with zero attached hydrogens (tertiary/aromatic N) is 2. The van der Waals surface area contributed by atoms with E-state index in [1.54, 1.807) is 0 Å². The molecular formula is C9H12ClN3OS. The maximum absolute atomic E-state index is 11.8. The third-order valence-electron chi connectivity index (χ3n) is 2.35. The molecule has 1 aliphatic heterocycles. The van der Waals surface area contributed by atoms with Crippen molar-refractivity contribution in [1.82, 2.24) is 15.3 Å². The molecule has 2 rings (SSSR count). The van der Waals surface area contributed by atoms with Gasteiger partial charge in [0, 0.05) is 5.75 Å². The molecule has 0 aliphatic carbocycles. The summed E-state index contributed by atoms with van der Waals surface area (Å²) < 4.78 is 11.8. The van der Waals surface area contributed by atoms with E-state index < -0.39 is 10.8 Å². The van der Waals surface area contributed by atoms with E-state index >= 15 is 0 Å². The van der Waals surface area contributed by atoms with Crippen molar-refractivity contribution in [2.75, 3.05) is 18.8 Å². The van der Waals surface area contributed by atoms with Gasteiger partial charge in [0.05, 0.1) is 28.2 Å². The average molecular weight is 246 g/mol. The van der Waals surface area contributed by atoms with Gasteiger partial charge >= 0.3 is 0 Å². The number of nitrogens with one attached hydrogen (secondary N) is 1. The molecule has 6 heteroatoms. The van der Waals surface area contributed by atoms with Crippen LogP contribution in [0.15, 0.2) is 17.6 Å². The summed E-state index contributed by atoms with van der Waals surface area (Å²) in [6.07, 6.45) is 4.04. The van der Waals surface area contributed by atoms with E-state index in [1.807, 2.05) is 0 Å². The summed E-state index contributed by atoms with van der Waals surface area (Å²) in [6.45, 7) is 1.96. The third-order valence-corrected chi connectivity index (χ3v) is 3.94. The van der Waals surface area contributed by atoms with Gasteiger partial charge in [0.1, 0.15) is 0 Å². The zero-order valence-corrected chi connectivity index (χ0v) is 9.72. The first-order valence-corrected chi connectivity index (χ1v) is 6.52. The predicted octanol–water partition coefficient (Wildman–Crippen LogP) is 0.847. The highest BCUT2D eigenvalue weighted by molar-refractivity contribution is 7.84. The van der Waals surface area contributed by atoms with Crippen molar-refractivity contribution >= 4 is 22.4 Å². The molecule has 0 aromatic carbocycles. The molecule has 1 N–H and O–H groups in total. The summed E-state index contributed by atoms with van der Waals surface area (Å²) in [5.74, 6) is 1.11.